The summed E-state index contributed by atoms with van der Waals surface area (Å²) in [5.41, 5.74) is 0. The first-order chi connectivity index (χ1) is 6.20. The fourth-order valence-corrected chi connectivity index (χ4v) is 1.15. The second kappa shape index (κ2) is 7.65. The molecule has 0 saturated carbocycles. The van der Waals surface area contributed by atoms with Gasteiger partial charge in [0.1, 0.15) is 0 Å². The molecule has 0 rings (SSSR count). The third-order valence-corrected chi connectivity index (χ3v) is 1.64. The van der Waals surface area contributed by atoms with Crippen molar-refractivity contribution < 1.29 is 0 Å². The van der Waals surface area contributed by atoms with E-state index in [4.69, 9.17) is 5.26 Å². The van der Waals surface area contributed by atoms with Crippen LogP contribution in [-0.4, -0.2) is 24.5 Å². The summed E-state index contributed by atoms with van der Waals surface area (Å²) in [6, 6.07) is 2.16. The summed E-state index contributed by atoms with van der Waals surface area (Å²) >= 11 is 0. The van der Waals surface area contributed by atoms with Crippen molar-refractivity contribution in [2.45, 2.75) is 27.2 Å². The van der Waals surface area contributed by atoms with Gasteiger partial charge >= 0.3 is 0 Å². The van der Waals surface area contributed by atoms with Crippen LogP contribution in [0.15, 0.2) is 0 Å². The van der Waals surface area contributed by atoms with E-state index in [1.165, 1.54) is 0 Å². The lowest BCUT2D eigenvalue weighted by atomic mass is 10.2. The van der Waals surface area contributed by atoms with Gasteiger partial charge in [-0.1, -0.05) is 19.8 Å². The summed E-state index contributed by atoms with van der Waals surface area (Å²) in [6.45, 7) is 8.85. The zero-order valence-electron chi connectivity index (χ0n) is 8.80. The maximum absolute atomic E-state index is 8.46. The minimum atomic E-state index is 0.595. The molecule has 0 atom stereocenters. The summed E-state index contributed by atoms with van der Waals surface area (Å²) in [6.07, 6.45) is 0.595. The van der Waals surface area contributed by atoms with Crippen molar-refractivity contribution in [2.75, 3.05) is 19.6 Å². The predicted molar refractivity (Wildman–Crippen MR) is 55.0 cm³/mol. The molecule has 0 N–H and O–H groups in total. The van der Waals surface area contributed by atoms with Crippen LogP contribution in [0.3, 0.4) is 0 Å². The number of nitriles is 1. The minimum absolute atomic E-state index is 0.595. The average Bonchev–Trinajstić information content (AvgIpc) is 2.09. The molecule has 13 heavy (non-hydrogen) atoms. The summed E-state index contributed by atoms with van der Waals surface area (Å²) in [5.74, 6) is 6.54. The SMILES string of the molecule is CC#CCN(CCC#N)CC(C)C. The van der Waals surface area contributed by atoms with Crippen LogP contribution in [0.2, 0.25) is 0 Å². The molecule has 72 valence electrons. The molecule has 0 unspecified atom stereocenters. The van der Waals surface area contributed by atoms with Crippen molar-refractivity contribution in [3.8, 4) is 17.9 Å². The maximum atomic E-state index is 8.46. The van der Waals surface area contributed by atoms with Crippen LogP contribution in [0.25, 0.3) is 0 Å². The van der Waals surface area contributed by atoms with E-state index in [1.54, 1.807) is 0 Å². The number of hydrogen-bond acceptors (Lipinski definition) is 2. The molecule has 0 fully saturated rings. The molecule has 0 aliphatic rings. The Hall–Kier alpha value is -0.990. The fraction of sp³-hybridized carbons (Fsp3) is 0.727. The van der Waals surface area contributed by atoms with Gasteiger partial charge in [-0.3, -0.25) is 4.90 Å². The van der Waals surface area contributed by atoms with Crippen LogP contribution in [0.1, 0.15) is 27.2 Å². The van der Waals surface area contributed by atoms with E-state index in [9.17, 15) is 0 Å². The second-order valence-electron chi connectivity index (χ2n) is 3.46. The van der Waals surface area contributed by atoms with Crippen molar-refractivity contribution in [3.63, 3.8) is 0 Å². The molecule has 2 heteroatoms. The monoisotopic (exact) mass is 178 g/mol. The molecule has 0 saturated heterocycles. The Morgan fingerprint density at radius 3 is 2.54 bits per heavy atom. The molecule has 0 heterocycles. The van der Waals surface area contributed by atoms with E-state index in [-0.39, 0.29) is 0 Å². The Bertz CT molecular complexity index is 214. The molecule has 0 aromatic rings. The van der Waals surface area contributed by atoms with Crippen molar-refractivity contribution in [3.05, 3.63) is 0 Å². The first-order valence-corrected chi connectivity index (χ1v) is 4.69. The van der Waals surface area contributed by atoms with Crippen LogP contribution in [0.4, 0.5) is 0 Å². The van der Waals surface area contributed by atoms with E-state index >= 15 is 0 Å². The van der Waals surface area contributed by atoms with Gasteiger partial charge in [0.2, 0.25) is 0 Å². The molecular weight excluding hydrogens is 160 g/mol. The summed E-state index contributed by atoms with van der Waals surface area (Å²) in [7, 11) is 0. The molecule has 0 aromatic carbocycles. The Balaban J connectivity index is 3.86. The highest BCUT2D eigenvalue weighted by Gasteiger charge is 2.04. The maximum Gasteiger partial charge on any atom is 0.0635 e. The Morgan fingerprint density at radius 1 is 1.38 bits per heavy atom. The van der Waals surface area contributed by atoms with Crippen LogP contribution < -0.4 is 0 Å². The third-order valence-electron chi connectivity index (χ3n) is 1.64. The molecule has 0 aliphatic carbocycles. The fourth-order valence-electron chi connectivity index (χ4n) is 1.15. The Morgan fingerprint density at radius 2 is 2.08 bits per heavy atom. The third kappa shape index (κ3) is 7.37. The first kappa shape index (κ1) is 12.0. The molecule has 0 radical (unpaired) electrons. The van der Waals surface area contributed by atoms with Gasteiger partial charge in [-0.15, -0.1) is 5.92 Å². The van der Waals surface area contributed by atoms with Crippen LogP contribution in [0, 0.1) is 29.1 Å². The second-order valence-corrected chi connectivity index (χ2v) is 3.46. The van der Waals surface area contributed by atoms with E-state index in [0.717, 1.165) is 19.6 Å². The van der Waals surface area contributed by atoms with Crippen molar-refractivity contribution in [2.24, 2.45) is 5.92 Å². The van der Waals surface area contributed by atoms with E-state index in [0.29, 0.717) is 12.3 Å². The Labute approximate surface area is 81.5 Å². The van der Waals surface area contributed by atoms with Gasteiger partial charge in [0.15, 0.2) is 0 Å². The highest BCUT2D eigenvalue weighted by molar-refractivity contribution is 4.98. The lowest BCUT2D eigenvalue weighted by molar-refractivity contribution is 0.278. The number of nitrogens with zero attached hydrogens (tertiary/aromatic N) is 2. The van der Waals surface area contributed by atoms with Crippen LogP contribution >= 0.6 is 0 Å². The molecule has 0 amide bonds. The summed E-state index contributed by atoms with van der Waals surface area (Å²) in [4.78, 5) is 2.23. The standard InChI is InChI=1S/C11H18N2/c1-4-5-8-13(9-6-7-12)10-11(2)3/h11H,6,8-10H2,1-3H3. The molecule has 0 aromatic heterocycles. The van der Waals surface area contributed by atoms with Gasteiger partial charge in [0.05, 0.1) is 12.6 Å². The van der Waals surface area contributed by atoms with Crippen LogP contribution in [0.5, 0.6) is 0 Å². The van der Waals surface area contributed by atoms with Crippen molar-refractivity contribution in [1.82, 2.24) is 4.90 Å². The number of rotatable bonds is 5. The quantitative estimate of drug-likeness (QED) is 0.601. The molecule has 0 spiro atoms. The predicted octanol–water partition coefficient (Wildman–Crippen LogP) is 1.88. The van der Waals surface area contributed by atoms with Crippen molar-refractivity contribution >= 4 is 0 Å². The van der Waals surface area contributed by atoms with E-state index in [2.05, 4.69) is 36.7 Å². The smallest absolute Gasteiger partial charge is 0.0635 e. The van der Waals surface area contributed by atoms with Gasteiger partial charge in [0, 0.05) is 19.5 Å². The molecular formula is C11H18N2. The van der Waals surface area contributed by atoms with Gasteiger partial charge in [0.25, 0.3) is 0 Å². The summed E-state index contributed by atoms with van der Waals surface area (Å²) in [5, 5.41) is 8.46. The van der Waals surface area contributed by atoms with Gasteiger partial charge in [-0.2, -0.15) is 5.26 Å². The summed E-state index contributed by atoms with van der Waals surface area (Å²) < 4.78 is 0. The van der Waals surface area contributed by atoms with E-state index < -0.39 is 0 Å². The minimum Gasteiger partial charge on any atom is -0.291 e. The normalized spacial score (nSPS) is 9.54. The lowest BCUT2D eigenvalue weighted by Gasteiger charge is -2.20. The lowest BCUT2D eigenvalue weighted by Crippen LogP contribution is -2.29. The average molecular weight is 178 g/mol. The topological polar surface area (TPSA) is 27.0 Å². The van der Waals surface area contributed by atoms with Gasteiger partial charge in [-0.05, 0) is 12.8 Å². The highest BCUT2D eigenvalue weighted by atomic mass is 15.1. The largest absolute Gasteiger partial charge is 0.291 e. The van der Waals surface area contributed by atoms with Crippen molar-refractivity contribution in [1.29, 1.82) is 5.26 Å². The molecule has 0 aliphatic heterocycles. The Kier molecular flexibility index (Phi) is 7.07. The molecule has 2 nitrogen and oxygen atoms in total. The zero-order valence-corrected chi connectivity index (χ0v) is 8.80. The van der Waals surface area contributed by atoms with E-state index in [1.807, 2.05) is 6.92 Å². The molecule has 0 bridgehead atoms. The van der Waals surface area contributed by atoms with Crippen LogP contribution in [-0.2, 0) is 0 Å². The number of hydrogen-bond donors (Lipinski definition) is 0. The van der Waals surface area contributed by atoms with Gasteiger partial charge in [-0.25, -0.2) is 0 Å². The highest BCUT2D eigenvalue weighted by Crippen LogP contribution is 1.98. The first-order valence-electron chi connectivity index (χ1n) is 4.69. The van der Waals surface area contributed by atoms with Gasteiger partial charge < -0.3 is 0 Å². The zero-order chi connectivity index (χ0) is 10.1.